The summed E-state index contributed by atoms with van der Waals surface area (Å²) in [6.45, 7) is 4.10. The second-order valence-electron chi connectivity index (χ2n) is 10.2. The molecule has 0 spiro atoms. The number of nitrogens with zero attached hydrogens (tertiary/aromatic N) is 2. The number of carbonyl (C=O) groups is 2. The minimum absolute atomic E-state index is 0.0403. The van der Waals surface area contributed by atoms with E-state index in [1.54, 1.807) is 6.07 Å². The van der Waals surface area contributed by atoms with E-state index in [4.69, 9.17) is 4.74 Å². The van der Waals surface area contributed by atoms with E-state index in [0.29, 0.717) is 10.0 Å². The Morgan fingerprint density at radius 2 is 1.77 bits per heavy atom. The van der Waals surface area contributed by atoms with Gasteiger partial charge in [0.05, 0.1) is 19.6 Å². The van der Waals surface area contributed by atoms with E-state index in [9.17, 15) is 14.7 Å². The minimum Gasteiger partial charge on any atom is -0.496 e. The fourth-order valence-corrected chi connectivity index (χ4v) is 5.67. The summed E-state index contributed by atoms with van der Waals surface area (Å²) in [5.74, 6) is -1.04. The molecule has 2 N–H and O–H groups in total. The van der Waals surface area contributed by atoms with Crippen molar-refractivity contribution in [1.82, 2.24) is 5.32 Å². The molecule has 3 aromatic carbocycles. The van der Waals surface area contributed by atoms with Crippen LogP contribution in [0.15, 0.2) is 59.1 Å². The van der Waals surface area contributed by atoms with E-state index in [0.717, 1.165) is 54.0 Å². The van der Waals surface area contributed by atoms with Crippen LogP contribution in [0.5, 0.6) is 5.75 Å². The lowest BCUT2D eigenvalue weighted by Crippen LogP contribution is -2.35. The van der Waals surface area contributed by atoms with Crippen molar-refractivity contribution in [3.05, 3.63) is 86.9 Å². The Morgan fingerprint density at radius 1 is 1.08 bits per heavy atom. The molecule has 7 nitrogen and oxygen atoms in total. The van der Waals surface area contributed by atoms with Gasteiger partial charge in [-0.1, -0.05) is 40.2 Å². The number of carboxylic acid groups (broad SMARTS) is 1. The molecule has 3 aromatic rings. The summed E-state index contributed by atoms with van der Waals surface area (Å²) in [4.78, 5) is 29.7. The molecule has 1 heterocycles. The predicted octanol–water partition coefficient (Wildman–Crippen LogP) is 5.97. The van der Waals surface area contributed by atoms with Crippen molar-refractivity contribution in [2.45, 2.75) is 38.6 Å². The van der Waals surface area contributed by atoms with Crippen molar-refractivity contribution in [2.24, 2.45) is 0 Å². The van der Waals surface area contributed by atoms with Crippen LogP contribution in [0.2, 0.25) is 0 Å². The number of rotatable bonds is 9. The molecule has 4 rings (SSSR count). The largest absolute Gasteiger partial charge is 0.496 e. The number of piperidine rings is 1. The van der Waals surface area contributed by atoms with Gasteiger partial charge in [-0.3, -0.25) is 4.79 Å². The van der Waals surface area contributed by atoms with Gasteiger partial charge in [0, 0.05) is 48.6 Å². The van der Waals surface area contributed by atoms with Crippen LogP contribution in [-0.4, -0.2) is 51.3 Å². The molecule has 0 radical (unpaired) electrons. The number of nitrogens with one attached hydrogen (secondary N) is 1. The number of amides is 1. The van der Waals surface area contributed by atoms with Crippen molar-refractivity contribution in [3.8, 4) is 5.75 Å². The third-order valence-corrected chi connectivity index (χ3v) is 8.02. The second kappa shape index (κ2) is 12.6. The molecule has 1 atom stereocenters. The maximum absolute atomic E-state index is 13.6. The molecule has 1 saturated heterocycles. The van der Waals surface area contributed by atoms with Gasteiger partial charge in [-0.2, -0.15) is 0 Å². The zero-order chi connectivity index (χ0) is 28.1. The molecule has 1 unspecified atom stereocenters. The molecule has 1 aliphatic heterocycles. The van der Waals surface area contributed by atoms with Gasteiger partial charge in [0.25, 0.3) is 0 Å². The molecule has 1 aliphatic rings. The number of anilines is 2. The predicted molar refractivity (Wildman–Crippen MR) is 159 cm³/mol. The maximum Gasteiger partial charge on any atom is 0.339 e. The molecule has 206 valence electrons. The zero-order valence-corrected chi connectivity index (χ0v) is 24.5. The summed E-state index contributed by atoms with van der Waals surface area (Å²) in [5, 5.41) is 12.8. The van der Waals surface area contributed by atoms with Crippen LogP contribution in [0, 0.1) is 6.92 Å². The van der Waals surface area contributed by atoms with Crippen LogP contribution >= 0.6 is 15.9 Å². The topological polar surface area (TPSA) is 82.1 Å². The van der Waals surface area contributed by atoms with Gasteiger partial charge in [0.2, 0.25) is 5.91 Å². The van der Waals surface area contributed by atoms with Gasteiger partial charge in [-0.25, -0.2) is 4.79 Å². The smallest absolute Gasteiger partial charge is 0.339 e. The number of aryl methyl sites for hydroxylation is 1. The minimum atomic E-state index is -1.09. The van der Waals surface area contributed by atoms with E-state index in [1.165, 1.54) is 19.6 Å². The molecule has 1 fully saturated rings. The molecule has 0 saturated carbocycles. The van der Waals surface area contributed by atoms with Gasteiger partial charge in [0.15, 0.2) is 0 Å². The first-order chi connectivity index (χ1) is 18.7. The van der Waals surface area contributed by atoms with E-state index in [2.05, 4.69) is 80.4 Å². The van der Waals surface area contributed by atoms with Crippen LogP contribution in [0.1, 0.15) is 57.9 Å². The van der Waals surface area contributed by atoms with E-state index >= 15 is 0 Å². The van der Waals surface area contributed by atoms with E-state index < -0.39 is 5.97 Å². The molecule has 0 aromatic heterocycles. The highest BCUT2D eigenvalue weighted by atomic mass is 79.9. The molecule has 39 heavy (non-hydrogen) atoms. The standard InChI is InChI=1S/C31H36BrN3O4/c1-20-9-8-10-26(35-15-6-5-7-16-35)29(20)30(21-11-13-23(14-12-21)34(2)3)33-28(36)18-22-17-27(39-4)24(31(37)38)19-25(22)32/h8-14,17,19,30H,5-7,15-16,18H2,1-4H3,(H,33,36)(H,37,38). The Balaban J connectivity index is 1.72. The van der Waals surface area contributed by atoms with Gasteiger partial charge in [0.1, 0.15) is 11.3 Å². The summed E-state index contributed by atoms with van der Waals surface area (Å²) in [5.41, 5.74) is 6.15. The number of carbonyl (C=O) groups excluding carboxylic acids is 1. The SMILES string of the molecule is COc1cc(CC(=O)NC(c2ccc(N(C)C)cc2)c2c(C)cccc2N2CCCCC2)c(Br)cc1C(=O)O. The van der Waals surface area contributed by atoms with Crippen molar-refractivity contribution in [1.29, 1.82) is 0 Å². The Hall–Kier alpha value is -3.52. The number of hydrogen-bond donors (Lipinski definition) is 2. The first-order valence-electron chi connectivity index (χ1n) is 13.2. The fourth-order valence-electron chi connectivity index (χ4n) is 5.19. The Labute approximate surface area is 238 Å². The van der Waals surface area contributed by atoms with Gasteiger partial charge in [-0.15, -0.1) is 0 Å². The molecule has 8 heteroatoms. The van der Waals surface area contributed by atoms with Gasteiger partial charge >= 0.3 is 5.97 Å². The molecular formula is C31H36BrN3O4. The number of ether oxygens (including phenoxy) is 1. The molecule has 0 aliphatic carbocycles. The van der Waals surface area contributed by atoms with Gasteiger partial charge in [-0.05, 0) is 73.2 Å². The van der Waals surface area contributed by atoms with E-state index in [1.807, 2.05) is 14.1 Å². The Kier molecular flexibility index (Phi) is 9.17. The number of hydrogen-bond acceptors (Lipinski definition) is 5. The van der Waals surface area contributed by atoms with Crippen LogP contribution in [0.4, 0.5) is 11.4 Å². The van der Waals surface area contributed by atoms with Crippen molar-refractivity contribution in [3.63, 3.8) is 0 Å². The third-order valence-electron chi connectivity index (χ3n) is 7.28. The second-order valence-corrected chi connectivity index (χ2v) is 11.0. The molecule has 1 amide bonds. The summed E-state index contributed by atoms with van der Waals surface area (Å²) in [6, 6.07) is 17.4. The fraction of sp³-hybridized carbons (Fsp3) is 0.355. The highest BCUT2D eigenvalue weighted by Crippen LogP contribution is 2.36. The quantitative estimate of drug-likeness (QED) is 0.318. The van der Waals surface area contributed by atoms with Crippen LogP contribution in [-0.2, 0) is 11.2 Å². The lowest BCUT2D eigenvalue weighted by Gasteiger charge is -2.34. The Morgan fingerprint density at radius 3 is 2.38 bits per heavy atom. The highest BCUT2D eigenvalue weighted by molar-refractivity contribution is 9.10. The summed E-state index contributed by atoms with van der Waals surface area (Å²) in [7, 11) is 5.44. The van der Waals surface area contributed by atoms with E-state index in [-0.39, 0.29) is 29.7 Å². The first-order valence-corrected chi connectivity index (χ1v) is 14.0. The Bertz CT molecular complexity index is 1330. The average molecular weight is 595 g/mol. The zero-order valence-electron chi connectivity index (χ0n) is 23.0. The molecule has 0 bridgehead atoms. The van der Waals surface area contributed by atoms with Gasteiger partial charge < -0.3 is 25.0 Å². The monoisotopic (exact) mass is 593 g/mol. The summed E-state index contributed by atoms with van der Waals surface area (Å²) >= 11 is 3.45. The van der Waals surface area contributed by atoms with Crippen LogP contribution < -0.4 is 19.9 Å². The number of carboxylic acids is 1. The molecular weight excluding hydrogens is 558 g/mol. The van der Waals surface area contributed by atoms with Crippen LogP contribution in [0.25, 0.3) is 0 Å². The first kappa shape index (κ1) is 28.5. The van der Waals surface area contributed by atoms with Crippen molar-refractivity contribution < 1.29 is 19.4 Å². The lowest BCUT2D eigenvalue weighted by atomic mass is 9.91. The normalized spacial score (nSPS) is 14.0. The maximum atomic E-state index is 13.6. The van der Waals surface area contributed by atoms with Crippen molar-refractivity contribution in [2.75, 3.05) is 44.1 Å². The lowest BCUT2D eigenvalue weighted by molar-refractivity contribution is -0.120. The third kappa shape index (κ3) is 6.56. The summed E-state index contributed by atoms with van der Waals surface area (Å²) in [6.07, 6.45) is 3.62. The number of halogens is 1. The number of aromatic carboxylic acids is 1. The average Bonchev–Trinajstić information content (AvgIpc) is 2.93. The van der Waals surface area contributed by atoms with Crippen LogP contribution in [0.3, 0.4) is 0 Å². The van der Waals surface area contributed by atoms with Crippen molar-refractivity contribution >= 4 is 39.2 Å². The summed E-state index contributed by atoms with van der Waals surface area (Å²) < 4.78 is 5.84. The number of benzene rings is 3. The number of methoxy groups -OCH3 is 1. The highest BCUT2D eigenvalue weighted by Gasteiger charge is 2.26.